The number of hydrogen-bond donors (Lipinski definition) is 1. The van der Waals surface area contributed by atoms with Crippen LogP contribution in [0.1, 0.15) is 17.5 Å². The van der Waals surface area contributed by atoms with Crippen molar-refractivity contribution in [2.45, 2.75) is 6.42 Å². The molecule has 5 nitrogen and oxygen atoms in total. The van der Waals surface area contributed by atoms with Crippen molar-refractivity contribution in [1.29, 1.82) is 0 Å². The van der Waals surface area contributed by atoms with Crippen LogP contribution in [0.3, 0.4) is 0 Å². The second-order valence-corrected chi connectivity index (χ2v) is 6.60. The zero-order valence-electron chi connectivity index (χ0n) is 13.5. The Hall–Kier alpha value is -2.93. The molecular weight excluding hydrogens is 357 g/mol. The van der Waals surface area contributed by atoms with Crippen molar-refractivity contribution < 1.29 is 23.9 Å². The van der Waals surface area contributed by atoms with Crippen molar-refractivity contribution in [2.75, 3.05) is 6.61 Å². The number of hydrogen-bond acceptors (Lipinski definition) is 6. The fourth-order valence-corrected chi connectivity index (χ4v) is 3.17. The molecule has 1 aliphatic rings. The molecule has 0 amide bonds. The second kappa shape index (κ2) is 7.97. The smallest absolute Gasteiger partial charge is 0.201 e. The number of carbonyl (C=O) groups is 2. The van der Waals surface area contributed by atoms with E-state index < -0.39 is 5.82 Å². The number of ketones is 1. The van der Waals surface area contributed by atoms with Gasteiger partial charge in [-0.1, -0.05) is 29.4 Å². The molecule has 1 saturated heterocycles. The lowest BCUT2D eigenvalue weighted by Crippen LogP contribution is -2.13. The highest BCUT2D eigenvalue weighted by Gasteiger charge is 2.25. The zero-order chi connectivity index (χ0) is 18.5. The molecule has 0 saturated carbocycles. The lowest BCUT2D eigenvalue weighted by molar-refractivity contribution is -0.119. The Morgan fingerprint density at radius 2 is 2.00 bits per heavy atom. The maximum atomic E-state index is 13.3. The molecule has 3 rings (SSSR count). The minimum absolute atomic E-state index is 0.0385. The lowest BCUT2D eigenvalue weighted by Gasteiger charge is -2.08. The topological polar surface area (TPSA) is 76.0 Å². The van der Waals surface area contributed by atoms with Gasteiger partial charge in [-0.2, -0.15) is 0 Å². The summed E-state index contributed by atoms with van der Waals surface area (Å²) >= 11 is 0.956. The van der Waals surface area contributed by atoms with E-state index in [4.69, 9.17) is 9.94 Å². The van der Waals surface area contributed by atoms with E-state index in [1.165, 1.54) is 18.2 Å². The van der Waals surface area contributed by atoms with Crippen LogP contribution in [0.5, 0.6) is 5.75 Å². The van der Waals surface area contributed by atoms with Gasteiger partial charge in [-0.05, 0) is 47.7 Å². The van der Waals surface area contributed by atoms with E-state index in [0.717, 1.165) is 17.3 Å². The van der Waals surface area contributed by atoms with E-state index in [1.54, 1.807) is 36.4 Å². The number of Topliss-reactive ketones (excluding diaryl/α,β-unsaturated/α-hetero) is 1. The average Bonchev–Trinajstić information content (AvgIpc) is 2.94. The maximum absolute atomic E-state index is 13.3. The summed E-state index contributed by atoms with van der Waals surface area (Å²) in [6.45, 7) is -0.0385. The summed E-state index contributed by atoms with van der Waals surface area (Å²) in [5.74, 6) is -0.0794. The van der Waals surface area contributed by atoms with Crippen LogP contribution in [0.2, 0.25) is 0 Å². The Balaban J connectivity index is 1.65. The summed E-state index contributed by atoms with van der Waals surface area (Å²) in [4.78, 5) is 23.3. The van der Waals surface area contributed by atoms with E-state index in [0.29, 0.717) is 16.2 Å². The summed E-state index contributed by atoms with van der Waals surface area (Å²) in [6, 6.07) is 12.6. The van der Waals surface area contributed by atoms with Gasteiger partial charge in [0.1, 0.15) is 23.9 Å². The SMILES string of the molecule is O=C1CC(=O)/C(=C/c2ccc(OCC(=NO)c3cccc(F)c3)cc2)S1. The molecule has 1 heterocycles. The Morgan fingerprint density at radius 1 is 1.23 bits per heavy atom. The Kier molecular flexibility index (Phi) is 5.48. The lowest BCUT2D eigenvalue weighted by atomic mass is 10.1. The highest BCUT2D eigenvalue weighted by Crippen LogP contribution is 2.30. The average molecular weight is 371 g/mol. The van der Waals surface area contributed by atoms with Gasteiger partial charge in [0, 0.05) is 5.56 Å². The van der Waals surface area contributed by atoms with Gasteiger partial charge in [-0.3, -0.25) is 9.59 Å². The van der Waals surface area contributed by atoms with Gasteiger partial charge in [-0.15, -0.1) is 0 Å². The third-order valence-corrected chi connectivity index (χ3v) is 4.57. The molecule has 2 aromatic carbocycles. The third kappa shape index (κ3) is 4.37. The summed E-state index contributed by atoms with van der Waals surface area (Å²) in [6.07, 6.45) is 1.61. The van der Waals surface area contributed by atoms with Crippen LogP contribution in [0.25, 0.3) is 6.08 Å². The fourth-order valence-electron chi connectivity index (χ4n) is 2.35. The number of ether oxygens (including phenoxy) is 1. The molecule has 1 N–H and O–H groups in total. The van der Waals surface area contributed by atoms with E-state index in [1.807, 2.05) is 0 Å². The van der Waals surface area contributed by atoms with Gasteiger partial charge >= 0.3 is 0 Å². The van der Waals surface area contributed by atoms with Crippen molar-refractivity contribution in [2.24, 2.45) is 5.16 Å². The molecule has 2 aromatic rings. The molecule has 1 aliphatic heterocycles. The molecule has 26 heavy (non-hydrogen) atoms. The van der Waals surface area contributed by atoms with Crippen molar-refractivity contribution in [3.05, 3.63) is 70.4 Å². The number of halogens is 1. The van der Waals surface area contributed by atoms with E-state index in [9.17, 15) is 14.0 Å². The monoisotopic (exact) mass is 371 g/mol. The van der Waals surface area contributed by atoms with E-state index in [-0.39, 0.29) is 29.6 Å². The van der Waals surface area contributed by atoms with Crippen LogP contribution in [-0.4, -0.2) is 28.4 Å². The van der Waals surface area contributed by atoms with Gasteiger partial charge in [0.15, 0.2) is 5.78 Å². The molecule has 0 radical (unpaired) electrons. The third-order valence-electron chi connectivity index (χ3n) is 3.64. The van der Waals surface area contributed by atoms with Gasteiger partial charge in [0.2, 0.25) is 5.12 Å². The number of allylic oxidation sites excluding steroid dienone is 1. The van der Waals surface area contributed by atoms with Crippen molar-refractivity contribution in [3.63, 3.8) is 0 Å². The normalized spacial score (nSPS) is 16.3. The van der Waals surface area contributed by atoms with Gasteiger partial charge in [-0.25, -0.2) is 4.39 Å². The summed E-state index contributed by atoms with van der Waals surface area (Å²) < 4.78 is 18.8. The van der Waals surface area contributed by atoms with Crippen LogP contribution < -0.4 is 4.74 Å². The molecule has 0 spiro atoms. The standard InChI is InChI=1S/C19H14FNO4S/c20-14-3-1-2-13(9-14)16(21-24)11-25-15-6-4-12(5-7-15)8-18-17(22)10-19(23)26-18/h1-9,24H,10-11H2/b18-8-,21-16?. The van der Waals surface area contributed by atoms with Crippen LogP contribution in [0, 0.1) is 5.82 Å². The predicted molar refractivity (Wildman–Crippen MR) is 96.9 cm³/mol. The minimum atomic E-state index is -0.432. The Labute approximate surface area is 153 Å². The van der Waals surface area contributed by atoms with E-state index in [2.05, 4.69) is 5.16 Å². The van der Waals surface area contributed by atoms with Gasteiger partial charge in [0.25, 0.3) is 0 Å². The minimum Gasteiger partial charge on any atom is -0.487 e. The second-order valence-electron chi connectivity index (χ2n) is 5.50. The molecule has 1 fully saturated rings. The summed E-state index contributed by atoms with van der Waals surface area (Å²) in [5, 5.41) is 12.1. The quantitative estimate of drug-likeness (QED) is 0.285. The first-order chi connectivity index (χ1) is 12.5. The Morgan fingerprint density at radius 3 is 2.62 bits per heavy atom. The molecular formula is C19H14FNO4S. The molecule has 0 aromatic heterocycles. The van der Waals surface area contributed by atoms with Crippen molar-refractivity contribution in [1.82, 2.24) is 0 Å². The van der Waals surface area contributed by atoms with Gasteiger partial charge in [0.05, 0.1) is 11.3 Å². The molecule has 0 unspecified atom stereocenters. The fraction of sp³-hybridized carbons (Fsp3) is 0.105. The van der Waals surface area contributed by atoms with E-state index >= 15 is 0 Å². The maximum Gasteiger partial charge on any atom is 0.201 e. The Bertz CT molecular complexity index is 906. The first-order valence-electron chi connectivity index (χ1n) is 7.70. The highest BCUT2D eigenvalue weighted by molar-refractivity contribution is 8.18. The first kappa shape index (κ1) is 17.9. The van der Waals surface area contributed by atoms with Crippen LogP contribution >= 0.6 is 11.8 Å². The first-order valence-corrected chi connectivity index (χ1v) is 8.52. The number of carbonyl (C=O) groups excluding carboxylic acids is 2. The van der Waals surface area contributed by atoms with Gasteiger partial charge < -0.3 is 9.94 Å². The highest BCUT2D eigenvalue weighted by atomic mass is 32.2. The van der Waals surface area contributed by atoms with Crippen LogP contribution in [0.15, 0.2) is 58.6 Å². The van der Waals surface area contributed by atoms with Crippen LogP contribution in [-0.2, 0) is 9.59 Å². The summed E-state index contributed by atoms with van der Waals surface area (Å²) in [7, 11) is 0. The number of oxime groups is 1. The number of thioether (sulfide) groups is 1. The molecule has 132 valence electrons. The number of nitrogens with zero attached hydrogens (tertiary/aromatic N) is 1. The largest absolute Gasteiger partial charge is 0.487 e. The summed E-state index contributed by atoms with van der Waals surface area (Å²) in [5.41, 5.74) is 1.39. The molecule has 0 bridgehead atoms. The van der Waals surface area contributed by atoms with Crippen LogP contribution in [0.4, 0.5) is 4.39 Å². The van der Waals surface area contributed by atoms with Crippen molar-refractivity contribution >= 4 is 34.4 Å². The molecule has 0 aliphatic carbocycles. The number of rotatable bonds is 5. The predicted octanol–water partition coefficient (Wildman–Crippen LogP) is 3.66. The van der Waals surface area contributed by atoms with Crippen molar-refractivity contribution in [3.8, 4) is 5.75 Å². The number of benzene rings is 2. The molecule has 7 heteroatoms. The zero-order valence-corrected chi connectivity index (χ0v) is 14.3. The molecule has 0 atom stereocenters.